The number of thiophene rings is 1. The maximum Gasteiger partial charge on any atom is 0.271 e. The van der Waals surface area contributed by atoms with Crippen molar-refractivity contribution in [1.29, 1.82) is 0 Å². The number of hydrogen-bond acceptors (Lipinski definition) is 6. The topological polar surface area (TPSA) is 104 Å². The Bertz CT molecular complexity index is 1140. The third-order valence-electron chi connectivity index (χ3n) is 4.02. The number of carbonyl (C=O) groups excluding carboxylic acids is 2. The summed E-state index contributed by atoms with van der Waals surface area (Å²) in [4.78, 5) is 24.4. The molecule has 7 nitrogen and oxygen atoms in total. The van der Waals surface area contributed by atoms with Crippen molar-refractivity contribution in [2.24, 2.45) is 0 Å². The monoisotopic (exact) mass is 475 g/mol. The molecule has 3 aromatic rings. The van der Waals surface area contributed by atoms with Crippen molar-refractivity contribution in [1.82, 2.24) is 0 Å². The molecule has 1 aromatic heterocycles. The second kappa shape index (κ2) is 9.99. The van der Waals surface area contributed by atoms with Crippen molar-refractivity contribution in [3.63, 3.8) is 0 Å². The number of thioether (sulfide) groups is 1. The van der Waals surface area contributed by atoms with Crippen LogP contribution in [0.25, 0.3) is 0 Å². The van der Waals surface area contributed by atoms with E-state index in [9.17, 15) is 18.0 Å². The molecule has 0 saturated carbocycles. The third kappa shape index (κ3) is 6.58. The van der Waals surface area contributed by atoms with Crippen LogP contribution in [-0.4, -0.2) is 25.5 Å². The molecule has 0 saturated heterocycles. The van der Waals surface area contributed by atoms with Gasteiger partial charge in [0.05, 0.1) is 5.25 Å². The van der Waals surface area contributed by atoms with Crippen LogP contribution in [0.1, 0.15) is 13.8 Å². The van der Waals surface area contributed by atoms with Crippen LogP contribution in [0.3, 0.4) is 0 Å². The zero-order chi connectivity index (χ0) is 22.4. The first-order chi connectivity index (χ1) is 14.7. The SMILES string of the molecule is CC(=O)Nc1ccc(NC(=O)C(C)Sc2ccc(NS(=O)(=O)c3cccs3)cc2)cc1. The van der Waals surface area contributed by atoms with Crippen LogP contribution in [0.2, 0.25) is 0 Å². The molecule has 0 aliphatic heterocycles. The quantitative estimate of drug-likeness (QED) is 0.412. The molecule has 1 heterocycles. The summed E-state index contributed by atoms with van der Waals surface area (Å²) in [6.07, 6.45) is 0. The molecule has 0 spiro atoms. The summed E-state index contributed by atoms with van der Waals surface area (Å²) in [7, 11) is -3.59. The summed E-state index contributed by atoms with van der Waals surface area (Å²) in [5.41, 5.74) is 1.74. The van der Waals surface area contributed by atoms with Gasteiger partial charge in [-0.1, -0.05) is 6.07 Å². The van der Waals surface area contributed by atoms with Crippen LogP contribution in [0, 0.1) is 0 Å². The second-order valence-corrected chi connectivity index (χ2v) is 10.8. The Morgan fingerprint density at radius 3 is 2.03 bits per heavy atom. The van der Waals surface area contributed by atoms with E-state index in [2.05, 4.69) is 15.4 Å². The van der Waals surface area contributed by atoms with Crippen LogP contribution < -0.4 is 15.4 Å². The lowest BCUT2D eigenvalue weighted by Gasteiger charge is -2.13. The highest BCUT2D eigenvalue weighted by molar-refractivity contribution is 8.00. The third-order valence-corrected chi connectivity index (χ3v) is 7.91. The molecule has 0 aliphatic carbocycles. The number of amides is 2. The molecule has 0 fully saturated rings. The van der Waals surface area contributed by atoms with Crippen molar-refractivity contribution in [3.05, 3.63) is 66.0 Å². The minimum atomic E-state index is -3.59. The number of sulfonamides is 1. The summed E-state index contributed by atoms with van der Waals surface area (Å²) in [6, 6.07) is 17.0. The molecule has 0 aliphatic rings. The summed E-state index contributed by atoms with van der Waals surface area (Å²) in [5.74, 6) is -0.327. The fourth-order valence-corrected chi connectivity index (χ4v) is 5.48. The fourth-order valence-electron chi connectivity index (χ4n) is 2.57. The minimum Gasteiger partial charge on any atom is -0.326 e. The van der Waals surface area contributed by atoms with Crippen LogP contribution >= 0.6 is 23.1 Å². The molecule has 162 valence electrons. The average Bonchev–Trinajstić information content (AvgIpc) is 3.26. The smallest absolute Gasteiger partial charge is 0.271 e. The molecule has 1 unspecified atom stereocenters. The number of rotatable bonds is 8. The van der Waals surface area contributed by atoms with E-state index in [0.29, 0.717) is 17.1 Å². The maximum atomic E-state index is 12.5. The highest BCUT2D eigenvalue weighted by Gasteiger charge is 2.17. The fraction of sp³-hybridized carbons (Fsp3) is 0.143. The number of nitrogens with one attached hydrogen (secondary N) is 3. The first-order valence-electron chi connectivity index (χ1n) is 9.24. The Kier molecular flexibility index (Phi) is 7.37. The van der Waals surface area contributed by atoms with E-state index in [4.69, 9.17) is 0 Å². The molecule has 10 heteroatoms. The van der Waals surface area contributed by atoms with Gasteiger partial charge in [-0.25, -0.2) is 8.42 Å². The van der Waals surface area contributed by atoms with Gasteiger partial charge in [-0.2, -0.15) is 0 Å². The lowest BCUT2D eigenvalue weighted by Crippen LogP contribution is -2.22. The van der Waals surface area contributed by atoms with Crippen LogP contribution in [-0.2, 0) is 19.6 Å². The molecule has 1 atom stereocenters. The molecule has 3 rings (SSSR count). The normalized spacial score (nSPS) is 12.1. The van der Waals surface area contributed by atoms with Gasteiger partial charge < -0.3 is 10.6 Å². The van der Waals surface area contributed by atoms with Gasteiger partial charge in [-0.05, 0) is 66.9 Å². The van der Waals surface area contributed by atoms with Crippen molar-refractivity contribution in [2.45, 2.75) is 28.2 Å². The Balaban J connectivity index is 1.55. The van der Waals surface area contributed by atoms with Gasteiger partial charge in [0.15, 0.2) is 0 Å². The average molecular weight is 476 g/mol. The summed E-state index contributed by atoms with van der Waals surface area (Å²) >= 11 is 2.51. The summed E-state index contributed by atoms with van der Waals surface area (Å²) in [6.45, 7) is 3.22. The van der Waals surface area contributed by atoms with E-state index in [-0.39, 0.29) is 21.3 Å². The maximum absolute atomic E-state index is 12.5. The molecular formula is C21H21N3O4S3. The molecule has 2 aromatic carbocycles. The first kappa shape index (κ1) is 22.9. The Morgan fingerprint density at radius 1 is 0.903 bits per heavy atom. The molecule has 0 bridgehead atoms. The van der Waals surface area contributed by atoms with Gasteiger partial charge in [0, 0.05) is 28.9 Å². The van der Waals surface area contributed by atoms with Gasteiger partial charge in [0.1, 0.15) is 4.21 Å². The predicted molar refractivity (Wildman–Crippen MR) is 126 cm³/mol. The summed E-state index contributed by atoms with van der Waals surface area (Å²) in [5, 5.41) is 6.84. The van der Waals surface area contributed by atoms with E-state index < -0.39 is 10.0 Å². The Morgan fingerprint density at radius 2 is 1.48 bits per heavy atom. The Hall–Kier alpha value is -2.82. The van der Waals surface area contributed by atoms with Crippen LogP contribution in [0.15, 0.2) is 75.1 Å². The zero-order valence-electron chi connectivity index (χ0n) is 16.8. The molecule has 0 radical (unpaired) electrons. The number of hydrogen-bond donors (Lipinski definition) is 3. The van der Waals surface area contributed by atoms with E-state index in [1.165, 1.54) is 18.7 Å². The van der Waals surface area contributed by atoms with Crippen molar-refractivity contribution < 1.29 is 18.0 Å². The van der Waals surface area contributed by atoms with Crippen LogP contribution in [0.4, 0.5) is 17.1 Å². The largest absolute Gasteiger partial charge is 0.326 e. The lowest BCUT2D eigenvalue weighted by atomic mass is 10.2. The lowest BCUT2D eigenvalue weighted by molar-refractivity contribution is -0.115. The first-order valence-corrected chi connectivity index (χ1v) is 12.5. The van der Waals surface area contributed by atoms with Crippen molar-refractivity contribution >= 4 is 62.0 Å². The van der Waals surface area contributed by atoms with Gasteiger partial charge in [0.25, 0.3) is 10.0 Å². The van der Waals surface area contributed by atoms with E-state index in [1.54, 1.807) is 73.0 Å². The zero-order valence-corrected chi connectivity index (χ0v) is 19.2. The van der Waals surface area contributed by atoms with E-state index >= 15 is 0 Å². The minimum absolute atomic E-state index is 0.160. The Labute approximate surface area is 189 Å². The van der Waals surface area contributed by atoms with E-state index in [0.717, 1.165) is 16.2 Å². The van der Waals surface area contributed by atoms with Gasteiger partial charge in [0.2, 0.25) is 11.8 Å². The molecule has 3 N–H and O–H groups in total. The number of benzene rings is 2. The number of anilines is 3. The molecule has 2 amide bonds. The highest BCUT2D eigenvalue weighted by Crippen LogP contribution is 2.27. The van der Waals surface area contributed by atoms with E-state index in [1.807, 2.05) is 0 Å². The molecular weight excluding hydrogens is 454 g/mol. The van der Waals surface area contributed by atoms with Gasteiger partial charge in [-0.15, -0.1) is 23.1 Å². The number of carbonyl (C=O) groups is 2. The second-order valence-electron chi connectivity index (χ2n) is 6.57. The standard InChI is InChI=1S/C21H21N3O4S3/c1-14(21(26)23-17-7-5-16(6-8-17)22-15(2)25)30-19-11-9-18(10-12-19)24-31(27,28)20-4-3-13-29-20/h3-14,24H,1-2H3,(H,22,25)(H,23,26). The van der Waals surface area contributed by atoms with Crippen molar-refractivity contribution in [3.8, 4) is 0 Å². The van der Waals surface area contributed by atoms with Gasteiger partial charge in [-0.3, -0.25) is 14.3 Å². The van der Waals surface area contributed by atoms with Crippen molar-refractivity contribution in [2.75, 3.05) is 15.4 Å². The highest BCUT2D eigenvalue weighted by atomic mass is 32.2. The predicted octanol–water partition coefficient (Wildman–Crippen LogP) is 4.63. The molecule has 31 heavy (non-hydrogen) atoms. The van der Waals surface area contributed by atoms with Gasteiger partial charge >= 0.3 is 0 Å². The van der Waals surface area contributed by atoms with Crippen LogP contribution in [0.5, 0.6) is 0 Å². The summed E-state index contributed by atoms with van der Waals surface area (Å²) < 4.78 is 27.4.